The van der Waals surface area contributed by atoms with Crippen LogP contribution in [0.3, 0.4) is 0 Å². The number of halogens is 2. The van der Waals surface area contributed by atoms with Crippen LogP contribution in [0, 0.1) is 20.2 Å². The molecule has 2 aromatic rings. The summed E-state index contributed by atoms with van der Waals surface area (Å²) in [6.45, 7) is 0. The highest BCUT2D eigenvalue weighted by Crippen LogP contribution is 2.38. The Kier molecular flexibility index (Phi) is 4.64. The Labute approximate surface area is 133 Å². The van der Waals surface area contributed by atoms with E-state index >= 15 is 0 Å². The number of hydrogen-bond acceptors (Lipinski definition) is 6. The monoisotopic (exact) mass is 340 g/mol. The van der Waals surface area contributed by atoms with Gasteiger partial charge in [-0.1, -0.05) is 35.3 Å². The van der Waals surface area contributed by atoms with Gasteiger partial charge in [0.05, 0.1) is 9.85 Å². The van der Waals surface area contributed by atoms with Gasteiger partial charge in [0.25, 0.3) is 0 Å². The van der Waals surface area contributed by atoms with Gasteiger partial charge in [-0.2, -0.15) is 0 Å². The van der Waals surface area contributed by atoms with Crippen molar-refractivity contribution >= 4 is 46.0 Å². The molecular weight excluding hydrogens is 335 g/mol. The van der Waals surface area contributed by atoms with Crippen LogP contribution in [-0.2, 0) is 0 Å². The van der Waals surface area contributed by atoms with Crippen molar-refractivity contribution in [1.29, 1.82) is 0 Å². The Hall–Kier alpha value is -2.58. The van der Waals surface area contributed by atoms with Crippen LogP contribution in [0.2, 0.25) is 10.0 Å². The fraction of sp³-hybridized carbons (Fsp3) is 0. The van der Waals surface area contributed by atoms with Gasteiger partial charge in [0.15, 0.2) is 11.4 Å². The second-order valence-corrected chi connectivity index (χ2v) is 4.74. The van der Waals surface area contributed by atoms with E-state index in [1.807, 2.05) is 0 Å². The highest BCUT2D eigenvalue weighted by Gasteiger charge is 2.20. The summed E-state index contributed by atoms with van der Waals surface area (Å²) in [5, 5.41) is 29.1. The standard InChI is InChI=1S/C12H6Cl2N4O4/c13-7-3-1-5-9(11(7)17(19)20)15-16-10-6-2-4-8(14)12(10)18(21)22/h1-6H. The van der Waals surface area contributed by atoms with Gasteiger partial charge in [0.2, 0.25) is 0 Å². The lowest BCUT2D eigenvalue weighted by Gasteiger charge is -2.00. The Balaban J connectivity index is 2.51. The molecule has 0 saturated carbocycles. The molecule has 0 saturated heterocycles. The Morgan fingerprint density at radius 1 is 0.773 bits per heavy atom. The van der Waals surface area contributed by atoms with Crippen LogP contribution in [0.25, 0.3) is 0 Å². The molecule has 0 bridgehead atoms. The fourth-order valence-corrected chi connectivity index (χ4v) is 2.12. The molecule has 0 unspecified atom stereocenters. The van der Waals surface area contributed by atoms with Gasteiger partial charge in [0.1, 0.15) is 10.0 Å². The Bertz CT molecular complexity index is 729. The van der Waals surface area contributed by atoms with E-state index in [0.717, 1.165) is 0 Å². The zero-order chi connectivity index (χ0) is 16.3. The van der Waals surface area contributed by atoms with Crippen molar-refractivity contribution in [3.8, 4) is 0 Å². The van der Waals surface area contributed by atoms with Crippen molar-refractivity contribution in [3.63, 3.8) is 0 Å². The first-order chi connectivity index (χ1) is 10.4. The van der Waals surface area contributed by atoms with E-state index in [-0.39, 0.29) is 21.4 Å². The van der Waals surface area contributed by atoms with Gasteiger partial charge in [-0.25, -0.2) is 0 Å². The highest BCUT2D eigenvalue weighted by atomic mass is 35.5. The fourth-order valence-electron chi connectivity index (χ4n) is 1.64. The minimum Gasteiger partial charge on any atom is -0.258 e. The SMILES string of the molecule is O=[N+]([O-])c1c(Cl)cccc1N=Nc1cccc(Cl)c1[N+](=O)[O-]. The number of nitro benzene ring substituents is 2. The maximum atomic E-state index is 11.0. The van der Waals surface area contributed by atoms with Crippen molar-refractivity contribution in [2.75, 3.05) is 0 Å². The van der Waals surface area contributed by atoms with E-state index < -0.39 is 21.2 Å². The van der Waals surface area contributed by atoms with E-state index in [1.165, 1.54) is 36.4 Å². The molecule has 2 aromatic carbocycles. The minimum absolute atomic E-state index is 0.109. The number of nitrogens with zero attached hydrogens (tertiary/aromatic N) is 4. The number of nitro groups is 2. The van der Waals surface area contributed by atoms with Gasteiger partial charge < -0.3 is 0 Å². The smallest absolute Gasteiger partial charge is 0.258 e. The van der Waals surface area contributed by atoms with Gasteiger partial charge in [-0.05, 0) is 24.3 Å². The first-order valence-corrected chi connectivity index (χ1v) is 6.45. The predicted octanol–water partition coefficient (Wildman–Crippen LogP) is 5.23. The molecule has 0 heterocycles. The summed E-state index contributed by atoms with van der Waals surface area (Å²) in [5.41, 5.74) is -1.10. The second kappa shape index (κ2) is 6.46. The third kappa shape index (κ3) is 3.18. The summed E-state index contributed by atoms with van der Waals surface area (Å²) in [6.07, 6.45) is 0. The molecule has 0 aliphatic rings. The van der Waals surface area contributed by atoms with Crippen molar-refractivity contribution < 1.29 is 9.85 Å². The Morgan fingerprint density at radius 2 is 1.14 bits per heavy atom. The van der Waals surface area contributed by atoms with Gasteiger partial charge in [-0.15, -0.1) is 10.2 Å². The molecule has 112 valence electrons. The van der Waals surface area contributed by atoms with Gasteiger partial charge in [-0.3, -0.25) is 20.2 Å². The predicted molar refractivity (Wildman–Crippen MR) is 80.4 cm³/mol. The molecule has 0 aliphatic carbocycles. The summed E-state index contributed by atoms with van der Waals surface area (Å²) in [4.78, 5) is 20.5. The summed E-state index contributed by atoms with van der Waals surface area (Å²) in [6, 6.07) is 8.22. The van der Waals surface area contributed by atoms with Crippen molar-refractivity contribution in [3.05, 3.63) is 66.7 Å². The number of azo groups is 1. The molecule has 0 atom stereocenters. The first kappa shape index (κ1) is 15.8. The van der Waals surface area contributed by atoms with Crippen molar-refractivity contribution in [2.45, 2.75) is 0 Å². The molecule has 8 nitrogen and oxygen atoms in total. The maximum absolute atomic E-state index is 11.0. The molecule has 22 heavy (non-hydrogen) atoms. The third-order valence-corrected chi connectivity index (χ3v) is 3.17. The van der Waals surface area contributed by atoms with E-state index in [2.05, 4.69) is 10.2 Å². The molecule has 0 fully saturated rings. The van der Waals surface area contributed by atoms with E-state index in [0.29, 0.717) is 0 Å². The Morgan fingerprint density at radius 3 is 1.45 bits per heavy atom. The van der Waals surface area contributed by atoms with E-state index in [9.17, 15) is 20.2 Å². The van der Waals surface area contributed by atoms with Crippen LogP contribution in [-0.4, -0.2) is 9.85 Å². The number of hydrogen-bond donors (Lipinski definition) is 0. The molecule has 0 N–H and O–H groups in total. The lowest BCUT2D eigenvalue weighted by Crippen LogP contribution is -1.90. The summed E-state index contributed by atoms with van der Waals surface area (Å²) in [7, 11) is 0. The molecule has 0 spiro atoms. The van der Waals surface area contributed by atoms with E-state index in [4.69, 9.17) is 23.2 Å². The molecule has 0 aliphatic heterocycles. The van der Waals surface area contributed by atoms with Crippen LogP contribution in [0.5, 0.6) is 0 Å². The molecule has 0 radical (unpaired) electrons. The third-order valence-electron chi connectivity index (χ3n) is 2.56. The molecule has 0 amide bonds. The quantitative estimate of drug-likeness (QED) is 0.431. The van der Waals surface area contributed by atoms with Crippen LogP contribution in [0.4, 0.5) is 22.7 Å². The number of rotatable bonds is 4. The maximum Gasteiger partial charge on any atom is 0.315 e. The molecule has 2 rings (SSSR count). The van der Waals surface area contributed by atoms with Crippen molar-refractivity contribution in [1.82, 2.24) is 0 Å². The lowest BCUT2D eigenvalue weighted by molar-refractivity contribution is -0.384. The molecular formula is C12H6Cl2N4O4. The van der Waals surface area contributed by atoms with Crippen LogP contribution in [0.1, 0.15) is 0 Å². The van der Waals surface area contributed by atoms with E-state index in [1.54, 1.807) is 0 Å². The summed E-state index contributed by atoms with van der Waals surface area (Å²) < 4.78 is 0. The van der Waals surface area contributed by atoms with Crippen LogP contribution in [0.15, 0.2) is 46.6 Å². The topological polar surface area (TPSA) is 111 Å². The number of benzene rings is 2. The summed E-state index contributed by atoms with van der Waals surface area (Å²) >= 11 is 11.5. The van der Waals surface area contributed by atoms with Crippen LogP contribution < -0.4 is 0 Å². The van der Waals surface area contributed by atoms with Gasteiger partial charge in [0, 0.05) is 0 Å². The van der Waals surface area contributed by atoms with Gasteiger partial charge >= 0.3 is 11.4 Å². The lowest BCUT2D eigenvalue weighted by atomic mass is 10.2. The second-order valence-electron chi connectivity index (χ2n) is 3.93. The zero-order valence-electron chi connectivity index (χ0n) is 10.6. The normalized spacial score (nSPS) is 10.8. The minimum atomic E-state index is -0.705. The molecule has 10 heteroatoms. The zero-order valence-corrected chi connectivity index (χ0v) is 12.2. The molecule has 0 aromatic heterocycles. The average molecular weight is 341 g/mol. The number of para-hydroxylation sites is 2. The first-order valence-electron chi connectivity index (χ1n) is 5.69. The van der Waals surface area contributed by atoms with Crippen molar-refractivity contribution in [2.24, 2.45) is 10.2 Å². The van der Waals surface area contributed by atoms with Crippen LogP contribution >= 0.6 is 23.2 Å². The average Bonchev–Trinajstić information content (AvgIpc) is 2.44. The summed E-state index contributed by atoms with van der Waals surface area (Å²) in [5.74, 6) is 0. The largest absolute Gasteiger partial charge is 0.315 e. The highest BCUT2D eigenvalue weighted by molar-refractivity contribution is 6.33.